The van der Waals surface area contributed by atoms with Crippen molar-refractivity contribution in [3.63, 3.8) is 0 Å². The van der Waals surface area contributed by atoms with Crippen LogP contribution in [-0.2, 0) is 11.2 Å². The minimum absolute atomic E-state index is 0.0838. The molecule has 1 aromatic carbocycles. The van der Waals surface area contributed by atoms with Gasteiger partial charge in [0.2, 0.25) is 5.91 Å². The van der Waals surface area contributed by atoms with E-state index in [2.05, 4.69) is 5.32 Å². The first-order valence-corrected chi connectivity index (χ1v) is 5.83. The molecule has 3 N–H and O–H groups in total. The van der Waals surface area contributed by atoms with Gasteiger partial charge in [-0.15, -0.1) is 0 Å². The SMILES string of the molecule is CC(CCN)CNC(=O)Cc1cccc(F)c1. The van der Waals surface area contributed by atoms with E-state index in [4.69, 9.17) is 5.73 Å². The molecule has 0 aliphatic rings. The normalized spacial score (nSPS) is 12.2. The van der Waals surface area contributed by atoms with Crippen molar-refractivity contribution in [2.45, 2.75) is 19.8 Å². The van der Waals surface area contributed by atoms with Crippen molar-refractivity contribution in [2.24, 2.45) is 11.7 Å². The first-order chi connectivity index (χ1) is 8.11. The van der Waals surface area contributed by atoms with Crippen molar-refractivity contribution in [1.29, 1.82) is 0 Å². The van der Waals surface area contributed by atoms with E-state index in [1.54, 1.807) is 12.1 Å². The third-order valence-corrected chi connectivity index (χ3v) is 2.56. The van der Waals surface area contributed by atoms with Crippen molar-refractivity contribution in [1.82, 2.24) is 5.32 Å². The van der Waals surface area contributed by atoms with Gasteiger partial charge in [0.25, 0.3) is 0 Å². The summed E-state index contributed by atoms with van der Waals surface area (Å²) in [6.45, 7) is 3.28. The Bertz CT molecular complexity index is 368. The summed E-state index contributed by atoms with van der Waals surface area (Å²) >= 11 is 0. The van der Waals surface area contributed by atoms with E-state index >= 15 is 0 Å². The lowest BCUT2D eigenvalue weighted by Crippen LogP contribution is -2.30. The molecule has 0 saturated heterocycles. The molecule has 0 fully saturated rings. The lowest BCUT2D eigenvalue weighted by molar-refractivity contribution is -0.120. The van der Waals surface area contributed by atoms with E-state index < -0.39 is 0 Å². The summed E-state index contributed by atoms with van der Waals surface area (Å²) in [6.07, 6.45) is 1.10. The van der Waals surface area contributed by atoms with E-state index in [0.717, 1.165) is 6.42 Å². The topological polar surface area (TPSA) is 55.1 Å². The van der Waals surface area contributed by atoms with Crippen molar-refractivity contribution >= 4 is 5.91 Å². The number of halogens is 1. The van der Waals surface area contributed by atoms with Gasteiger partial charge in [0.05, 0.1) is 6.42 Å². The van der Waals surface area contributed by atoms with Gasteiger partial charge < -0.3 is 11.1 Å². The van der Waals surface area contributed by atoms with Gasteiger partial charge in [0, 0.05) is 6.54 Å². The van der Waals surface area contributed by atoms with Crippen LogP contribution in [0.4, 0.5) is 4.39 Å². The standard InChI is InChI=1S/C13H19FN2O/c1-10(5-6-15)9-16-13(17)8-11-3-2-4-12(14)7-11/h2-4,7,10H,5-6,8-9,15H2,1H3,(H,16,17). The van der Waals surface area contributed by atoms with Crippen LogP contribution in [-0.4, -0.2) is 19.0 Å². The summed E-state index contributed by atoms with van der Waals surface area (Å²) in [7, 11) is 0. The second kappa shape index (κ2) is 7.01. The zero-order valence-electron chi connectivity index (χ0n) is 10.1. The smallest absolute Gasteiger partial charge is 0.224 e. The number of nitrogens with two attached hydrogens (primary N) is 1. The van der Waals surface area contributed by atoms with Crippen molar-refractivity contribution < 1.29 is 9.18 Å². The van der Waals surface area contributed by atoms with Gasteiger partial charge in [0.15, 0.2) is 0 Å². The minimum Gasteiger partial charge on any atom is -0.356 e. The molecule has 17 heavy (non-hydrogen) atoms. The highest BCUT2D eigenvalue weighted by atomic mass is 19.1. The summed E-state index contributed by atoms with van der Waals surface area (Å²) in [6, 6.07) is 6.09. The average molecular weight is 238 g/mol. The number of benzene rings is 1. The highest BCUT2D eigenvalue weighted by molar-refractivity contribution is 5.78. The molecule has 0 aliphatic heterocycles. The number of carbonyl (C=O) groups excluding carboxylic acids is 1. The summed E-state index contributed by atoms with van der Waals surface area (Å²) in [5.74, 6) is -0.0252. The zero-order valence-corrected chi connectivity index (χ0v) is 10.1. The van der Waals surface area contributed by atoms with Crippen LogP contribution in [0.15, 0.2) is 24.3 Å². The molecule has 1 amide bonds. The maximum Gasteiger partial charge on any atom is 0.224 e. The molecule has 0 bridgehead atoms. The summed E-state index contributed by atoms with van der Waals surface area (Å²) in [5.41, 5.74) is 6.11. The molecule has 1 rings (SSSR count). The largest absolute Gasteiger partial charge is 0.356 e. The molecule has 4 heteroatoms. The molecule has 3 nitrogen and oxygen atoms in total. The number of hydrogen-bond acceptors (Lipinski definition) is 2. The molecule has 0 saturated carbocycles. The van der Waals surface area contributed by atoms with Crippen LogP contribution in [0.1, 0.15) is 18.9 Å². The lowest BCUT2D eigenvalue weighted by Gasteiger charge is -2.11. The van der Waals surface area contributed by atoms with Crippen molar-refractivity contribution in [3.05, 3.63) is 35.6 Å². The second-order valence-corrected chi connectivity index (χ2v) is 4.29. The molecule has 0 aliphatic carbocycles. The summed E-state index contributed by atoms with van der Waals surface area (Å²) in [4.78, 5) is 11.6. The number of amides is 1. The van der Waals surface area contributed by atoms with Gasteiger partial charge in [-0.1, -0.05) is 19.1 Å². The van der Waals surface area contributed by atoms with E-state index in [9.17, 15) is 9.18 Å². The summed E-state index contributed by atoms with van der Waals surface area (Å²) in [5, 5.41) is 2.82. The van der Waals surface area contributed by atoms with E-state index in [1.807, 2.05) is 6.92 Å². The molecule has 0 radical (unpaired) electrons. The van der Waals surface area contributed by atoms with Gasteiger partial charge in [0.1, 0.15) is 5.82 Å². The van der Waals surface area contributed by atoms with E-state index in [0.29, 0.717) is 24.6 Å². The van der Waals surface area contributed by atoms with Crippen molar-refractivity contribution in [2.75, 3.05) is 13.1 Å². The highest BCUT2D eigenvalue weighted by Crippen LogP contribution is 2.04. The fraction of sp³-hybridized carbons (Fsp3) is 0.462. The highest BCUT2D eigenvalue weighted by Gasteiger charge is 2.06. The van der Waals surface area contributed by atoms with Crippen LogP contribution >= 0.6 is 0 Å². The average Bonchev–Trinajstić information content (AvgIpc) is 2.27. The van der Waals surface area contributed by atoms with Gasteiger partial charge in [-0.05, 0) is 36.6 Å². The molecule has 0 spiro atoms. The fourth-order valence-corrected chi connectivity index (χ4v) is 1.57. The van der Waals surface area contributed by atoms with Gasteiger partial charge in [-0.2, -0.15) is 0 Å². The summed E-state index contributed by atoms with van der Waals surface area (Å²) < 4.78 is 12.9. The fourth-order valence-electron chi connectivity index (χ4n) is 1.57. The molecular weight excluding hydrogens is 219 g/mol. The Balaban J connectivity index is 2.34. The Morgan fingerprint density at radius 2 is 2.29 bits per heavy atom. The first kappa shape index (κ1) is 13.6. The maximum absolute atomic E-state index is 12.9. The molecule has 1 aromatic rings. The predicted molar refractivity (Wildman–Crippen MR) is 65.9 cm³/mol. The number of nitrogens with one attached hydrogen (secondary N) is 1. The molecular formula is C13H19FN2O. The van der Waals surface area contributed by atoms with Crippen molar-refractivity contribution in [3.8, 4) is 0 Å². The molecule has 0 heterocycles. The monoisotopic (exact) mass is 238 g/mol. The molecule has 0 aromatic heterocycles. The van der Waals surface area contributed by atoms with Gasteiger partial charge >= 0.3 is 0 Å². The van der Waals surface area contributed by atoms with Crippen LogP contribution in [0.25, 0.3) is 0 Å². The zero-order chi connectivity index (χ0) is 12.7. The third-order valence-electron chi connectivity index (χ3n) is 2.56. The third kappa shape index (κ3) is 5.45. The molecule has 94 valence electrons. The van der Waals surface area contributed by atoms with Crippen LogP contribution in [0, 0.1) is 11.7 Å². The van der Waals surface area contributed by atoms with Gasteiger partial charge in [-0.3, -0.25) is 4.79 Å². The quantitative estimate of drug-likeness (QED) is 0.788. The Morgan fingerprint density at radius 3 is 2.94 bits per heavy atom. The van der Waals surface area contributed by atoms with E-state index in [1.165, 1.54) is 12.1 Å². The maximum atomic E-state index is 12.9. The van der Waals surface area contributed by atoms with E-state index in [-0.39, 0.29) is 18.1 Å². The Kier molecular flexibility index (Phi) is 5.63. The Labute approximate surface area is 101 Å². The van der Waals surface area contributed by atoms with Crippen LogP contribution < -0.4 is 11.1 Å². The molecule has 1 unspecified atom stereocenters. The van der Waals surface area contributed by atoms with Crippen LogP contribution in [0.3, 0.4) is 0 Å². The number of carbonyl (C=O) groups is 1. The van der Waals surface area contributed by atoms with Gasteiger partial charge in [-0.25, -0.2) is 4.39 Å². The van der Waals surface area contributed by atoms with Crippen LogP contribution in [0.5, 0.6) is 0 Å². The number of rotatable bonds is 6. The Hall–Kier alpha value is -1.42. The lowest BCUT2D eigenvalue weighted by atomic mass is 10.1. The number of hydrogen-bond donors (Lipinski definition) is 2. The minimum atomic E-state index is -0.313. The van der Waals surface area contributed by atoms with Crippen LogP contribution in [0.2, 0.25) is 0 Å². The predicted octanol–water partition coefficient (Wildman–Crippen LogP) is 1.47. The Morgan fingerprint density at radius 1 is 1.53 bits per heavy atom. The first-order valence-electron chi connectivity index (χ1n) is 5.83. The second-order valence-electron chi connectivity index (χ2n) is 4.29. The molecule has 1 atom stereocenters.